The van der Waals surface area contributed by atoms with Gasteiger partial charge < -0.3 is 4.74 Å². The summed E-state index contributed by atoms with van der Waals surface area (Å²) in [5.74, 6) is -0.566. The molecule has 2 aromatic carbocycles. The number of aromatic nitrogens is 1. The van der Waals surface area contributed by atoms with Gasteiger partial charge in [-0.3, -0.25) is 14.9 Å². The lowest BCUT2D eigenvalue weighted by Gasteiger charge is -2.04. The van der Waals surface area contributed by atoms with Gasteiger partial charge in [-0.15, -0.1) is 11.3 Å². The van der Waals surface area contributed by atoms with Gasteiger partial charge in [0.1, 0.15) is 0 Å². The van der Waals surface area contributed by atoms with Gasteiger partial charge in [-0.1, -0.05) is 48.5 Å². The maximum absolute atomic E-state index is 12.5. The molecule has 132 valence electrons. The molecule has 0 aliphatic carbocycles. The second-order valence-corrected chi connectivity index (χ2v) is 6.76. The summed E-state index contributed by atoms with van der Waals surface area (Å²) >= 11 is 1.28. The SMILES string of the molecule is COC(=O)Cc1sc(NC(=O)c2ccccc2C)nc1-c1ccccc1. The number of anilines is 1. The van der Waals surface area contributed by atoms with Crippen LogP contribution in [0.1, 0.15) is 20.8 Å². The highest BCUT2D eigenvalue weighted by Gasteiger charge is 2.18. The minimum atomic E-state index is -0.345. The lowest BCUT2D eigenvalue weighted by Crippen LogP contribution is -2.12. The Kier molecular flexibility index (Phi) is 5.43. The zero-order valence-electron chi connectivity index (χ0n) is 14.5. The van der Waals surface area contributed by atoms with E-state index >= 15 is 0 Å². The Balaban J connectivity index is 1.92. The van der Waals surface area contributed by atoms with Crippen molar-refractivity contribution in [3.63, 3.8) is 0 Å². The summed E-state index contributed by atoms with van der Waals surface area (Å²) in [5.41, 5.74) is 3.05. The van der Waals surface area contributed by atoms with Crippen LogP contribution in [0.2, 0.25) is 0 Å². The maximum atomic E-state index is 12.5. The fraction of sp³-hybridized carbons (Fsp3) is 0.150. The van der Waals surface area contributed by atoms with Gasteiger partial charge in [-0.25, -0.2) is 4.98 Å². The van der Waals surface area contributed by atoms with Crippen molar-refractivity contribution in [1.82, 2.24) is 4.98 Å². The zero-order valence-corrected chi connectivity index (χ0v) is 15.3. The Bertz CT molecular complexity index is 935. The van der Waals surface area contributed by atoms with Crippen LogP contribution in [0, 0.1) is 6.92 Å². The minimum absolute atomic E-state index is 0.110. The molecule has 3 rings (SSSR count). The zero-order chi connectivity index (χ0) is 18.5. The number of nitrogens with one attached hydrogen (secondary N) is 1. The summed E-state index contributed by atoms with van der Waals surface area (Å²) in [7, 11) is 1.35. The summed E-state index contributed by atoms with van der Waals surface area (Å²) in [6.07, 6.45) is 0.110. The molecular weight excluding hydrogens is 348 g/mol. The Morgan fingerprint density at radius 2 is 1.77 bits per heavy atom. The third-order valence-corrected chi connectivity index (χ3v) is 4.86. The number of hydrogen-bond acceptors (Lipinski definition) is 5. The number of hydrogen-bond donors (Lipinski definition) is 1. The molecule has 1 heterocycles. The van der Waals surface area contributed by atoms with Gasteiger partial charge in [0.15, 0.2) is 5.13 Å². The normalized spacial score (nSPS) is 10.4. The van der Waals surface area contributed by atoms with Gasteiger partial charge >= 0.3 is 5.97 Å². The lowest BCUT2D eigenvalue weighted by molar-refractivity contribution is -0.139. The van der Waals surface area contributed by atoms with Crippen LogP contribution in [0.5, 0.6) is 0 Å². The third kappa shape index (κ3) is 3.97. The first-order chi connectivity index (χ1) is 12.6. The van der Waals surface area contributed by atoms with Crippen molar-refractivity contribution in [2.45, 2.75) is 13.3 Å². The molecule has 1 aromatic heterocycles. The van der Waals surface area contributed by atoms with E-state index in [0.29, 0.717) is 16.4 Å². The number of nitrogens with zero attached hydrogens (tertiary/aromatic N) is 1. The highest BCUT2D eigenvalue weighted by atomic mass is 32.1. The Morgan fingerprint density at radius 3 is 2.46 bits per heavy atom. The quantitative estimate of drug-likeness (QED) is 0.691. The van der Waals surface area contributed by atoms with E-state index in [1.54, 1.807) is 6.07 Å². The van der Waals surface area contributed by atoms with E-state index in [9.17, 15) is 9.59 Å². The average Bonchev–Trinajstić information content (AvgIpc) is 3.04. The van der Waals surface area contributed by atoms with Gasteiger partial charge in [0.25, 0.3) is 5.91 Å². The molecule has 3 aromatic rings. The molecule has 0 saturated heterocycles. The van der Waals surface area contributed by atoms with Crippen LogP contribution in [-0.4, -0.2) is 24.0 Å². The fourth-order valence-corrected chi connectivity index (χ4v) is 3.51. The molecule has 0 spiro atoms. The lowest BCUT2D eigenvalue weighted by atomic mass is 10.1. The van der Waals surface area contributed by atoms with Gasteiger partial charge in [0.05, 0.1) is 19.2 Å². The molecule has 0 saturated carbocycles. The summed E-state index contributed by atoms with van der Waals surface area (Å²) in [5, 5.41) is 3.29. The van der Waals surface area contributed by atoms with E-state index < -0.39 is 0 Å². The summed E-state index contributed by atoms with van der Waals surface area (Å²) < 4.78 is 4.77. The number of benzene rings is 2. The van der Waals surface area contributed by atoms with E-state index in [2.05, 4.69) is 10.3 Å². The number of amides is 1. The standard InChI is InChI=1S/C20H18N2O3S/c1-13-8-6-7-11-15(13)19(24)22-20-21-18(14-9-4-3-5-10-14)16(26-20)12-17(23)25-2/h3-11H,12H2,1-2H3,(H,21,22,24). The second kappa shape index (κ2) is 7.93. The van der Waals surface area contributed by atoms with Crippen LogP contribution in [0.4, 0.5) is 5.13 Å². The first-order valence-corrected chi connectivity index (χ1v) is 8.89. The van der Waals surface area contributed by atoms with Crippen molar-refractivity contribution in [2.24, 2.45) is 0 Å². The summed E-state index contributed by atoms with van der Waals surface area (Å²) in [4.78, 5) is 29.6. The summed E-state index contributed by atoms with van der Waals surface area (Å²) in [6.45, 7) is 1.88. The van der Waals surface area contributed by atoms with E-state index in [1.807, 2.05) is 55.5 Å². The molecule has 0 fully saturated rings. The molecule has 1 N–H and O–H groups in total. The highest BCUT2D eigenvalue weighted by molar-refractivity contribution is 7.16. The van der Waals surface area contributed by atoms with E-state index in [1.165, 1.54) is 18.4 Å². The van der Waals surface area contributed by atoms with E-state index in [0.717, 1.165) is 16.0 Å². The fourth-order valence-electron chi connectivity index (χ4n) is 2.54. The monoisotopic (exact) mass is 366 g/mol. The number of thiazole rings is 1. The number of aryl methyl sites for hydroxylation is 1. The van der Waals surface area contributed by atoms with Gasteiger partial charge in [0.2, 0.25) is 0 Å². The van der Waals surface area contributed by atoms with E-state index in [4.69, 9.17) is 4.74 Å². The molecule has 0 aliphatic heterocycles. The van der Waals surface area contributed by atoms with Crippen molar-refractivity contribution < 1.29 is 14.3 Å². The Morgan fingerprint density at radius 1 is 1.08 bits per heavy atom. The maximum Gasteiger partial charge on any atom is 0.310 e. The number of esters is 1. The molecule has 0 bridgehead atoms. The molecule has 0 unspecified atom stereocenters. The topological polar surface area (TPSA) is 68.3 Å². The second-order valence-electron chi connectivity index (χ2n) is 5.68. The predicted molar refractivity (Wildman–Crippen MR) is 102 cm³/mol. The number of carbonyl (C=O) groups excluding carboxylic acids is 2. The van der Waals surface area contributed by atoms with Crippen LogP contribution in [0.15, 0.2) is 54.6 Å². The van der Waals surface area contributed by atoms with Gasteiger partial charge in [-0.2, -0.15) is 0 Å². The molecule has 0 atom stereocenters. The molecule has 6 heteroatoms. The Labute approximate surface area is 155 Å². The van der Waals surface area contributed by atoms with Crippen molar-refractivity contribution in [3.05, 3.63) is 70.6 Å². The van der Waals surface area contributed by atoms with Crippen LogP contribution in [0.25, 0.3) is 11.3 Å². The average molecular weight is 366 g/mol. The molecule has 0 aliphatic rings. The van der Waals surface area contributed by atoms with Crippen LogP contribution >= 0.6 is 11.3 Å². The minimum Gasteiger partial charge on any atom is -0.469 e. The number of methoxy groups -OCH3 is 1. The molecule has 26 heavy (non-hydrogen) atoms. The molecule has 1 amide bonds. The highest BCUT2D eigenvalue weighted by Crippen LogP contribution is 2.32. The molecule has 5 nitrogen and oxygen atoms in total. The predicted octanol–water partition coefficient (Wildman–Crippen LogP) is 4.09. The number of ether oxygens (including phenoxy) is 1. The summed E-state index contributed by atoms with van der Waals surface area (Å²) in [6, 6.07) is 16.9. The number of carbonyl (C=O) groups is 2. The molecular formula is C20H18N2O3S. The molecule has 0 radical (unpaired) electrons. The smallest absolute Gasteiger partial charge is 0.310 e. The van der Waals surface area contributed by atoms with Crippen molar-refractivity contribution in [3.8, 4) is 11.3 Å². The van der Waals surface area contributed by atoms with Crippen molar-refractivity contribution >= 4 is 28.3 Å². The van der Waals surface area contributed by atoms with Gasteiger partial charge in [0, 0.05) is 16.0 Å². The largest absolute Gasteiger partial charge is 0.469 e. The Hall–Kier alpha value is -2.99. The van der Waals surface area contributed by atoms with Gasteiger partial charge in [-0.05, 0) is 18.6 Å². The van der Waals surface area contributed by atoms with Crippen LogP contribution < -0.4 is 5.32 Å². The van der Waals surface area contributed by atoms with Crippen molar-refractivity contribution in [2.75, 3.05) is 12.4 Å². The first-order valence-electron chi connectivity index (χ1n) is 8.07. The van der Waals surface area contributed by atoms with Crippen LogP contribution in [-0.2, 0) is 16.0 Å². The number of rotatable bonds is 5. The van der Waals surface area contributed by atoms with Crippen LogP contribution in [0.3, 0.4) is 0 Å². The van der Waals surface area contributed by atoms with Crippen molar-refractivity contribution in [1.29, 1.82) is 0 Å². The van der Waals surface area contributed by atoms with E-state index in [-0.39, 0.29) is 18.3 Å². The third-order valence-electron chi connectivity index (χ3n) is 3.89. The first kappa shape index (κ1) is 17.8.